The third-order valence-electron chi connectivity index (χ3n) is 0.200. The summed E-state index contributed by atoms with van der Waals surface area (Å²) in [6.07, 6.45) is 0. The molecule has 7 nitrogen and oxygen atoms in total. The van der Waals surface area contributed by atoms with Crippen molar-refractivity contribution in [2.24, 2.45) is 0 Å². The Balaban J connectivity index is -0.0000000114. The first-order valence-corrected chi connectivity index (χ1v) is 4.38. The quantitative estimate of drug-likeness (QED) is 0.316. The van der Waals surface area contributed by atoms with Crippen LogP contribution in [0.4, 0.5) is 0 Å². The number of rotatable bonds is 2. The van der Waals surface area contributed by atoms with Crippen molar-refractivity contribution in [1.29, 1.82) is 0 Å². The minimum absolute atomic E-state index is 0. The Bertz CT molecular complexity index is 172. The van der Waals surface area contributed by atoms with Gasteiger partial charge in [-0.2, -0.15) is 0 Å². The van der Waals surface area contributed by atoms with Gasteiger partial charge in [0.15, 0.2) is 0 Å². The first-order chi connectivity index (χ1) is 3.71. The van der Waals surface area contributed by atoms with Gasteiger partial charge in [0.25, 0.3) is 0 Å². The van der Waals surface area contributed by atoms with Crippen LogP contribution in [0.25, 0.3) is 0 Å². The SMILES string of the molecule is O=P([O-])([O-])OP(=O)([O-])[O-].[KH].[KH].[KH].[KH].[Na+].[Na+].[Na+].[Na+]. The van der Waals surface area contributed by atoms with E-state index in [1.54, 1.807) is 0 Å². The van der Waals surface area contributed by atoms with Crippen LogP contribution in [0.15, 0.2) is 0 Å². The van der Waals surface area contributed by atoms with Crippen molar-refractivity contribution < 1.29 is 151 Å². The molecule has 0 radical (unpaired) electrons. The first kappa shape index (κ1) is 56.5. The molecule has 0 aromatic heterocycles. The number of hydrogen-bond acceptors (Lipinski definition) is 7. The maximum Gasteiger partial charge on any atom is 1.00 e. The van der Waals surface area contributed by atoms with Crippen molar-refractivity contribution in [3.05, 3.63) is 0 Å². The molecule has 0 heterocycles. The van der Waals surface area contributed by atoms with E-state index in [2.05, 4.69) is 4.31 Å². The Kier molecular flexibility index (Phi) is 105. The number of hydrogen-bond donors (Lipinski definition) is 0. The van der Waals surface area contributed by atoms with E-state index in [0.717, 1.165) is 0 Å². The Morgan fingerprint density at radius 1 is 0.588 bits per heavy atom. The van der Waals surface area contributed by atoms with E-state index in [4.69, 9.17) is 0 Å². The molecule has 0 rings (SSSR count). The standard InChI is InChI=1S/4K.4Na.H4O7P2.4H/c;;;;;;;;1-8(2,3)7-9(4,5)6;;;;/h;;;;;;;;(H2,1,2,3)(H2,4,5,6);;;;/q;;;;4*+1;;;;;/p-4. The Hall–Kier alpha value is 10.8. The molecule has 0 aliphatic heterocycles. The van der Waals surface area contributed by atoms with Gasteiger partial charge in [-0.15, -0.1) is 0 Å². The minimum atomic E-state index is -5.68. The Labute approximate surface area is 359 Å². The van der Waals surface area contributed by atoms with Gasteiger partial charge in [-0.3, -0.25) is 0 Å². The monoisotopic (exact) mass is 426 g/mol. The summed E-state index contributed by atoms with van der Waals surface area (Å²) in [4.78, 5) is 37.3. The molecule has 17 heavy (non-hydrogen) atoms. The van der Waals surface area contributed by atoms with Crippen molar-refractivity contribution >= 4 is 221 Å². The van der Waals surface area contributed by atoms with Crippen LogP contribution >= 0.6 is 15.6 Å². The van der Waals surface area contributed by atoms with E-state index in [1.807, 2.05) is 0 Å². The molecule has 0 aromatic carbocycles. The van der Waals surface area contributed by atoms with E-state index in [-0.39, 0.29) is 324 Å². The molecule has 0 saturated carbocycles. The third kappa shape index (κ3) is 58.4. The summed E-state index contributed by atoms with van der Waals surface area (Å²) in [6.45, 7) is 0. The first-order valence-electron chi connectivity index (χ1n) is 1.46. The fraction of sp³-hybridized carbons (Fsp3) is 0. The molecule has 0 aliphatic carbocycles. The smallest absolute Gasteiger partial charge is 1.00 e. The summed E-state index contributed by atoms with van der Waals surface area (Å²) in [5.74, 6) is 0. The second-order valence-corrected chi connectivity index (χ2v) is 3.42. The average molecular weight is 426 g/mol. The van der Waals surface area contributed by atoms with Gasteiger partial charge in [0, 0.05) is 0 Å². The van der Waals surface area contributed by atoms with Gasteiger partial charge in [-0.25, -0.2) is 0 Å². The molecule has 0 saturated heterocycles. The molecule has 0 amide bonds. The van der Waals surface area contributed by atoms with Crippen molar-refractivity contribution in [3.8, 4) is 0 Å². The van der Waals surface area contributed by atoms with Crippen LogP contribution < -0.4 is 138 Å². The Morgan fingerprint density at radius 3 is 0.706 bits per heavy atom. The Morgan fingerprint density at radius 2 is 0.706 bits per heavy atom. The zero-order chi connectivity index (χ0) is 7.71. The van der Waals surface area contributed by atoms with Crippen LogP contribution in [-0.4, -0.2) is 206 Å². The zero-order valence-electron chi connectivity index (χ0n) is 7.75. The molecule has 0 unspecified atom stereocenters. The van der Waals surface area contributed by atoms with Crippen molar-refractivity contribution in [1.82, 2.24) is 0 Å². The second kappa shape index (κ2) is 31.5. The molecule has 0 bridgehead atoms. The van der Waals surface area contributed by atoms with Crippen LogP contribution in [0.2, 0.25) is 0 Å². The van der Waals surface area contributed by atoms with Gasteiger partial charge >= 0.3 is 324 Å². The second-order valence-electron chi connectivity index (χ2n) is 0.976. The molecular weight excluding hydrogens is 422 g/mol. The maximum absolute atomic E-state index is 9.32. The maximum atomic E-state index is 9.32. The average Bonchev–Trinajstić information content (AvgIpc) is 1.14. The van der Waals surface area contributed by atoms with Gasteiger partial charge < -0.3 is 33.0 Å². The van der Waals surface area contributed by atoms with E-state index in [0.29, 0.717) is 0 Å². The van der Waals surface area contributed by atoms with Crippen molar-refractivity contribution in [3.63, 3.8) is 0 Å². The van der Waals surface area contributed by atoms with E-state index in [9.17, 15) is 28.7 Å². The predicted molar refractivity (Wildman–Crippen MR) is 44.9 cm³/mol. The summed E-state index contributed by atoms with van der Waals surface area (Å²) >= 11 is 0. The van der Waals surface area contributed by atoms with Crippen LogP contribution in [0, 0.1) is 0 Å². The third-order valence-corrected chi connectivity index (χ3v) is 1.80. The van der Waals surface area contributed by atoms with Crippen LogP contribution in [-0.2, 0) is 13.4 Å². The van der Waals surface area contributed by atoms with E-state index < -0.39 is 15.6 Å². The fourth-order valence-corrected chi connectivity index (χ4v) is 1.10. The molecule has 0 N–H and O–H groups in total. The predicted octanol–water partition coefficient (Wildman–Crippen LogP) is -17.9. The minimum Gasteiger partial charge on any atom is 1.00 e. The number of phosphoric acid groups is 2. The van der Waals surface area contributed by atoms with Crippen molar-refractivity contribution in [2.75, 3.05) is 0 Å². The van der Waals surface area contributed by atoms with Gasteiger partial charge in [0.05, 0.1) is 15.6 Å². The zero-order valence-corrected chi connectivity index (χ0v) is 17.5. The summed E-state index contributed by atoms with van der Waals surface area (Å²) in [7, 11) is -11.4. The van der Waals surface area contributed by atoms with Crippen LogP contribution in [0.5, 0.6) is 0 Å². The molecule has 0 spiro atoms. The summed E-state index contributed by atoms with van der Waals surface area (Å²) in [5, 5.41) is 0. The summed E-state index contributed by atoms with van der Waals surface area (Å²) in [6, 6.07) is 0. The fourth-order valence-electron chi connectivity index (χ4n) is 0.122. The van der Waals surface area contributed by atoms with Crippen LogP contribution in [0.1, 0.15) is 0 Å². The normalized spacial score (nSPS) is 7.29. The van der Waals surface area contributed by atoms with Gasteiger partial charge in [-0.1, -0.05) is 0 Å². The molecular formula is H4K4Na4O7P2. The molecule has 0 aliphatic rings. The molecule has 64 valence electrons. The van der Waals surface area contributed by atoms with Gasteiger partial charge in [-0.05, 0) is 0 Å². The largest absolute Gasteiger partial charge is 1.00 e. The van der Waals surface area contributed by atoms with Crippen molar-refractivity contribution in [2.45, 2.75) is 0 Å². The summed E-state index contributed by atoms with van der Waals surface area (Å²) < 4.78 is 21.2. The van der Waals surface area contributed by atoms with Gasteiger partial charge in [0.1, 0.15) is 0 Å². The molecule has 0 fully saturated rings. The van der Waals surface area contributed by atoms with E-state index in [1.165, 1.54) is 0 Å². The molecule has 17 heteroatoms. The topological polar surface area (TPSA) is 136 Å². The summed E-state index contributed by atoms with van der Waals surface area (Å²) in [5.41, 5.74) is 0. The van der Waals surface area contributed by atoms with Gasteiger partial charge in [0.2, 0.25) is 0 Å². The van der Waals surface area contributed by atoms with E-state index >= 15 is 0 Å². The molecule has 0 aromatic rings. The molecule has 0 atom stereocenters. The van der Waals surface area contributed by atoms with Crippen LogP contribution in [0.3, 0.4) is 0 Å².